The van der Waals surface area contributed by atoms with Gasteiger partial charge in [0.2, 0.25) is 0 Å². The Bertz CT molecular complexity index is 818. The number of thiazole rings is 1. The van der Waals surface area contributed by atoms with E-state index >= 15 is 0 Å². The number of esters is 1. The van der Waals surface area contributed by atoms with Gasteiger partial charge in [-0.3, -0.25) is 4.79 Å². The summed E-state index contributed by atoms with van der Waals surface area (Å²) in [5.74, 6) is -0.465. The van der Waals surface area contributed by atoms with Gasteiger partial charge in [0, 0.05) is 24.2 Å². The molecule has 2 heterocycles. The molecule has 0 aliphatic carbocycles. The molecule has 3 rings (SSSR count). The highest BCUT2D eigenvalue weighted by Crippen LogP contribution is 2.29. The number of ether oxygens (including phenoxy) is 1. The third-order valence-electron chi connectivity index (χ3n) is 4.30. The van der Waals surface area contributed by atoms with Crippen LogP contribution in [0.5, 0.6) is 0 Å². The molecule has 1 aliphatic heterocycles. The maximum atomic E-state index is 12.7. The van der Waals surface area contributed by atoms with Crippen molar-refractivity contribution in [1.29, 1.82) is 0 Å². The summed E-state index contributed by atoms with van der Waals surface area (Å²) < 4.78 is 5.06. The van der Waals surface area contributed by atoms with E-state index < -0.39 is 6.10 Å². The van der Waals surface area contributed by atoms with Gasteiger partial charge in [-0.2, -0.15) is 0 Å². The van der Waals surface area contributed by atoms with E-state index in [0.29, 0.717) is 40.8 Å². The van der Waals surface area contributed by atoms with Gasteiger partial charge in [-0.1, -0.05) is 12.1 Å². The normalized spacial score (nSPS) is 17.2. The van der Waals surface area contributed by atoms with E-state index in [0.717, 1.165) is 18.4 Å². The molecule has 1 aromatic carbocycles. The second-order valence-electron chi connectivity index (χ2n) is 6.28. The third kappa shape index (κ3) is 3.94. The summed E-state index contributed by atoms with van der Waals surface area (Å²) in [6.45, 7) is 4.88. The summed E-state index contributed by atoms with van der Waals surface area (Å²) in [6, 6.07) is 7.23. The van der Waals surface area contributed by atoms with Gasteiger partial charge < -0.3 is 14.7 Å². The Morgan fingerprint density at radius 2 is 2.23 bits per heavy atom. The summed E-state index contributed by atoms with van der Waals surface area (Å²) in [7, 11) is 0. The minimum absolute atomic E-state index is 0.0931. The number of β-amino-alcohol motifs (C(OH)–C–C–N with tert-alkyl or cyclic N) is 1. The molecule has 1 saturated heterocycles. The number of likely N-dealkylation sites (tertiary alicyclic amines) is 1. The number of nitrogens with zero attached hydrogens (tertiary/aromatic N) is 2. The Labute approximate surface area is 156 Å². The summed E-state index contributed by atoms with van der Waals surface area (Å²) in [5, 5.41) is 10.5. The van der Waals surface area contributed by atoms with Gasteiger partial charge in [-0.05, 0) is 38.8 Å². The highest BCUT2D eigenvalue weighted by molar-refractivity contribution is 7.17. The Morgan fingerprint density at radius 1 is 1.42 bits per heavy atom. The van der Waals surface area contributed by atoms with Crippen LogP contribution < -0.4 is 0 Å². The van der Waals surface area contributed by atoms with Crippen LogP contribution in [0.15, 0.2) is 24.3 Å². The number of rotatable bonds is 4. The first-order valence-electron chi connectivity index (χ1n) is 8.72. The molecule has 1 fully saturated rings. The number of hydrogen-bond donors (Lipinski definition) is 1. The maximum absolute atomic E-state index is 12.7. The van der Waals surface area contributed by atoms with Crippen LogP contribution in [0.3, 0.4) is 0 Å². The monoisotopic (exact) mass is 374 g/mol. The van der Waals surface area contributed by atoms with Crippen LogP contribution in [0.2, 0.25) is 0 Å². The number of aliphatic hydroxyl groups excluding tert-OH is 1. The van der Waals surface area contributed by atoms with Crippen molar-refractivity contribution in [2.24, 2.45) is 0 Å². The van der Waals surface area contributed by atoms with Crippen molar-refractivity contribution in [1.82, 2.24) is 9.88 Å². The van der Waals surface area contributed by atoms with Crippen LogP contribution in [0.1, 0.15) is 45.5 Å². The van der Waals surface area contributed by atoms with Crippen molar-refractivity contribution in [3.63, 3.8) is 0 Å². The van der Waals surface area contributed by atoms with Crippen LogP contribution >= 0.6 is 11.3 Å². The van der Waals surface area contributed by atoms with E-state index in [9.17, 15) is 14.7 Å². The predicted molar refractivity (Wildman–Crippen MR) is 99.4 cm³/mol. The molecule has 6 nitrogen and oxygen atoms in total. The van der Waals surface area contributed by atoms with Crippen molar-refractivity contribution in [3.05, 3.63) is 40.4 Å². The zero-order valence-corrected chi connectivity index (χ0v) is 15.7. The molecule has 138 valence electrons. The molecular formula is C19H22N2O4S. The Kier molecular flexibility index (Phi) is 5.68. The van der Waals surface area contributed by atoms with E-state index in [4.69, 9.17) is 4.74 Å². The summed E-state index contributed by atoms with van der Waals surface area (Å²) in [4.78, 5) is 31.3. The number of benzene rings is 1. The Balaban J connectivity index is 1.84. The van der Waals surface area contributed by atoms with Gasteiger partial charge in [0.1, 0.15) is 9.88 Å². The van der Waals surface area contributed by atoms with Gasteiger partial charge >= 0.3 is 5.97 Å². The SMILES string of the molecule is CCOC(=O)c1sc(-c2cccc(C(=O)N3CCC[C@@H](O)C3)c2)nc1C. The quantitative estimate of drug-likeness (QED) is 0.833. The topological polar surface area (TPSA) is 79.7 Å². The molecule has 26 heavy (non-hydrogen) atoms. The zero-order valence-electron chi connectivity index (χ0n) is 14.9. The van der Waals surface area contributed by atoms with Crippen molar-refractivity contribution < 1.29 is 19.4 Å². The number of aryl methyl sites for hydroxylation is 1. The second-order valence-corrected chi connectivity index (χ2v) is 7.28. The van der Waals surface area contributed by atoms with Gasteiger partial charge in [-0.15, -0.1) is 11.3 Å². The van der Waals surface area contributed by atoms with Crippen molar-refractivity contribution in [2.75, 3.05) is 19.7 Å². The average Bonchev–Trinajstić information content (AvgIpc) is 3.03. The zero-order chi connectivity index (χ0) is 18.7. The van der Waals surface area contributed by atoms with Crippen LogP contribution in [0.25, 0.3) is 10.6 Å². The summed E-state index contributed by atoms with van der Waals surface area (Å²) in [5.41, 5.74) is 1.97. The molecule has 0 saturated carbocycles. The fraction of sp³-hybridized carbons (Fsp3) is 0.421. The van der Waals surface area contributed by atoms with Crippen LogP contribution in [0, 0.1) is 6.92 Å². The van der Waals surface area contributed by atoms with Crippen LogP contribution in [-0.2, 0) is 4.74 Å². The Hall–Kier alpha value is -2.25. The van der Waals surface area contributed by atoms with Crippen LogP contribution in [0.4, 0.5) is 0 Å². The summed E-state index contributed by atoms with van der Waals surface area (Å²) >= 11 is 1.27. The van der Waals surface area contributed by atoms with Gasteiger partial charge in [0.05, 0.1) is 18.4 Å². The third-order valence-corrected chi connectivity index (χ3v) is 5.48. The molecule has 7 heteroatoms. The fourth-order valence-electron chi connectivity index (χ4n) is 3.01. The fourth-order valence-corrected chi connectivity index (χ4v) is 3.97. The molecule has 0 radical (unpaired) electrons. The highest BCUT2D eigenvalue weighted by Gasteiger charge is 2.24. The highest BCUT2D eigenvalue weighted by atomic mass is 32.1. The number of aliphatic hydroxyl groups is 1. The molecule has 1 atom stereocenters. The second kappa shape index (κ2) is 7.97. The van der Waals surface area contributed by atoms with Gasteiger partial charge in [0.25, 0.3) is 5.91 Å². The van der Waals surface area contributed by atoms with E-state index in [1.165, 1.54) is 11.3 Å². The molecule has 1 aromatic heterocycles. The number of carbonyl (C=O) groups excluding carboxylic acids is 2. The standard InChI is InChI=1S/C19H22N2O4S/c1-3-25-19(24)16-12(2)20-17(26-16)13-6-4-7-14(10-13)18(23)21-9-5-8-15(22)11-21/h4,6-7,10,15,22H,3,5,8-9,11H2,1-2H3/t15-/m1/s1. The predicted octanol–water partition coefficient (Wildman–Crippen LogP) is 2.89. The molecule has 1 aliphatic rings. The van der Waals surface area contributed by atoms with Gasteiger partial charge in [-0.25, -0.2) is 9.78 Å². The van der Waals surface area contributed by atoms with Crippen LogP contribution in [-0.4, -0.2) is 52.7 Å². The van der Waals surface area contributed by atoms with Crippen molar-refractivity contribution in [2.45, 2.75) is 32.8 Å². The lowest BCUT2D eigenvalue weighted by Gasteiger charge is -2.30. The minimum atomic E-state index is -0.454. The molecule has 0 unspecified atom stereocenters. The average molecular weight is 374 g/mol. The number of piperidine rings is 1. The summed E-state index contributed by atoms with van der Waals surface area (Å²) in [6.07, 6.45) is 1.09. The molecule has 2 aromatic rings. The number of carbonyl (C=O) groups is 2. The van der Waals surface area contributed by atoms with E-state index in [2.05, 4.69) is 4.98 Å². The van der Waals surface area contributed by atoms with E-state index in [-0.39, 0.29) is 11.9 Å². The van der Waals surface area contributed by atoms with Gasteiger partial charge in [0.15, 0.2) is 0 Å². The lowest BCUT2D eigenvalue weighted by Crippen LogP contribution is -2.42. The lowest BCUT2D eigenvalue weighted by atomic mass is 10.1. The first-order valence-corrected chi connectivity index (χ1v) is 9.53. The largest absolute Gasteiger partial charge is 0.462 e. The smallest absolute Gasteiger partial charge is 0.350 e. The molecule has 0 bridgehead atoms. The first-order chi connectivity index (χ1) is 12.5. The lowest BCUT2D eigenvalue weighted by molar-refractivity contribution is 0.0473. The van der Waals surface area contributed by atoms with Crippen molar-refractivity contribution in [3.8, 4) is 10.6 Å². The Morgan fingerprint density at radius 3 is 2.96 bits per heavy atom. The molecule has 0 spiro atoms. The first kappa shape index (κ1) is 18.5. The number of aromatic nitrogens is 1. The van der Waals surface area contributed by atoms with E-state index in [1.807, 2.05) is 12.1 Å². The number of hydrogen-bond acceptors (Lipinski definition) is 6. The minimum Gasteiger partial charge on any atom is -0.462 e. The molecular weight excluding hydrogens is 352 g/mol. The molecule has 1 N–H and O–H groups in total. The molecule has 1 amide bonds. The maximum Gasteiger partial charge on any atom is 0.350 e. The van der Waals surface area contributed by atoms with E-state index in [1.54, 1.807) is 30.9 Å². The number of amides is 1. The van der Waals surface area contributed by atoms with Crippen molar-refractivity contribution >= 4 is 23.2 Å².